The number of aryl methyl sites for hydroxylation is 2. The minimum absolute atomic E-state index is 0.112. The molecule has 1 aromatic heterocycles. The summed E-state index contributed by atoms with van der Waals surface area (Å²) in [5.74, 6) is 1.88. The molecule has 6 heteroatoms. The topological polar surface area (TPSA) is 80.9 Å². The molecule has 1 aromatic carbocycles. The van der Waals surface area contributed by atoms with Gasteiger partial charge in [0.25, 0.3) is 0 Å². The Morgan fingerprint density at radius 2 is 2.08 bits per heavy atom. The van der Waals surface area contributed by atoms with Gasteiger partial charge in [-0.05, 0) is 48.2 Å². The van der Waals surface area contributed by atoms with E-state index in [1.54, 1.807) is 32.6 Å². The van der Waals surface area contributed by atoms with Gasteiger partial charge in [0.05, 0.1) is 27.0 Å². The Bertz CT molecular complexity index is 741. The maximum atomic E-state index is 12.1. The first kappa shape index (κ1) is 17.4. The summed E-state index contributed by atoms with van der Waals surface area (Å²) in [5.41, 5.74) is 0.719. The van der Waals surface area contributed by atoms with Crippen molar-refractivity contribution < 1.29 is 23.8 Å². The van der Waals surface area contributed by atoms with Crippen molar-refractivity contribution in [3.05, 3.63) is 47.4 Å². The van der Waals surface area contributed by atoms with E-state index in [4.69, 9.17) is 13.9 Å². The van der Waals surface area contributed by atoms with Crippen LogP contribution < -0.4 is 14.8 Å². The lowest BCUT2D eigenvalue weighted by molar-refractivity contribution is -0.122. The van der Waals surface area contributed by atoms with Crippen LogP contribution in [-0.4, -0.2) is 31.8 Å². The highest BCUT2D eigenvalue weighted by atomic mass is 16.5. The predicted octanol–water partition coefficient (Wildman–Crippen LogP) is 2.18. The van der Waals surface area contributed by atoms with Crippen LogP contribution >= 0.6 is 0 Å². The number of ether oxygens (including phenoxy) is 2. The highest BCUT2D eigenvalue weighted by Crippen LogP contribution is 2.42. The summed E-state index contributed by atoms with van der Waals surface area (Å²) in [6, 6.07) is 7.34. The van der Waals surface area contributed by atoms with Crippen LogP contribution in [0.3, 0.4) is 0 Å². The number of carbonyl (C=O) groups excluding carboxylic acids is 1. The van der Waals surface area contributed by atoms with Gasteiger partial charge in [-0.25, -0.2) is 0 Å². The second kappa shape index (κ2) is 7.19. The van der Waals surface area contributed by atoms with E-state index in [1.165, 1.54) is 0 Å². The number of hydrogen-bond acceptors (Lipinski definition) is 5. The zero-order chi connectivity index (χ0) is 17.9. The maximum Gasteiger partial charge on any atom is 0.220 e. The van der Waals surface area contributed by atoms with Gasteiger partial charge in [0, 0.05) is 12.8 Å². The summed E-state index contributed by atoms with van der Waals surface area (Å²) >= 11 is 0. The lowest BCUT2D eigenvalue weighted by atomic mass is 9.95. The van der Waals surface area contributed by atoms with Crippen LogP contribution in [0.15, 0.2) is 34.9 Å². The normalized spacial score (nSPS) is 18.7. The quantitative estimate of drug-likeness (QED) is 0.804. The highest BCUT2D eigenvalue weighted by Gasteiger charge is 2.38. The van der Waals surface area contributed by atoms with Gasteiger partial charge in [-0.15, -0.1) is 0 Å². The van der Waals surface area contributed by atoms with Crippen LogP contribution in [0.5, 0.6) is 11.5 Å². The number of rotatable bonds is 7. The number of amides is 1. The van der Waals surface area contributed by atoms with E-state index in [1.807, 2.05) is 12.1 Å². The van der Waals surface area contributed by atoms with Crippen molar-refractivity contribution in [2.45, 2.75) is 31.3 Å². The molecular formula is C19H23NO5. The summed E-state index contributed by atoms with van der Waals surface area (Å²) < 4.78 is 15.9. The molecule has 0 aliphatic heterocycles. The number of aliphatic hydroxyl groups is 1. The molecular weight excluding hydrogens is 322 g/mol. The molecule has 1 atom stereocenters. The third-order valence-electron chi connectivity index (χ3n) is 4.68. The lowest BCUT2D eigenvalue weighted by Gasteiger charge is -2.25. The number of methoxy groups -OCH3 is 2. The number of hydrogen-bond donors (Lipinski definition) is 2. The Labute approximate surface area is 146 Å². The number of nitrogens with one attached hydrogen (secondary N) is 1. The van der Waals surface area contributed by atoms with Crippen molar-refractivity contribution in [2.24, 2.45) is 0 Å². The largest absolute Gasteiger partial charge is 0.493 e. The van der Waals surface area contributed by atoms with Gasteiger partial charge in [-0.3, -0.25) is 4.79 Å². The number of furan rings is 1. The van der Waals surface area contributed by atoms with Gasteiger partial charge >= 0.3 is 0 Å². The summed E-state index contributed by atoms with van der Waals surface area (Å²) in [6.07, 6.45) is 3.74. The molecule has 0 spiro atoms. The molecule has 0 fully saturated rings. The third-order valence-corrected chi connectivity index (χ3v) is 4.68. The number of benzene rings is 1. The summed E-state index contributed by atoms with van der Waals surface area (Å²) in [5, 5.41) is 13.8. The van der Waals surface area contributed by atoms with Crippen molar-refractivity contribution in [2.75, 3.05) is 20.8 Å². The molecule has 0 bridgehead atoms. The van der Waals surface area contributed by atoms with Gasteiger partial charge in [0.1, 0.15) is 11.4 Å². The molecule has 25 heavy (non-hydrogen) atoms. The third kappa shape index (κ3) is 3.64. The van der Waals surface area contributed by atoms with Crippen LogP contribution in [0.2, 0.25) is 0 Å². The van der Waals surface area contributed by atoms with Crippen molar-refractivity contribution in [1.29, 1.82) is 0 Å². The molecule has 1 aliphatic carbocycles. The minimum atomic E-state index is -1.09. The van der Waals surface area contributed by atoms with Crippen molar-refractivity contribution >= 4 is 5.91 Å². The zero-order valence-corrected chi connectivity index (χ0v) is 14.5. The molecule has 2 aromatic rings. The van der Waals surface area contributed by atoms with Crippen molar-refractivity contribution in [3.8, 4) is 11.5 Å². The van der Waals surface area contributed by atoms with Crippen molar-refractivity contribution in [3.63, 3.8) is 0 Å². The van der Waals surface area contributed by atoms with E-state index in [-0.39, 0.29) is 12.5 Å². The molecule has 1 unspecified atom stereocenters. The Morgan fingerprint density at radius 3 is 2.76 bits per heavy atom. The van der Waals surface area contributed by atoms with Gasteiger partial charge in [-0.2, -0.15) is 0 Å². The standard InChI is InChI=1S/C19H23NO5/c1-23-16-10-13-7-8-19(22,15(13)11-17(16)24-2)12-20-18(21)6-5-14-4-3-9-25-14/h3-4,9-11,22H,5-8,12H2,1-2H3,(H,20,21). The summed E-state index contributed by atoms with van der Waals surface area (Å²) in [7, 11) is 3.15. The smallest absolute Gasteiger partial charge is 0.220 e. The van der Waals surface area contributed by atoms with Crippen LogP contribution in [0, 0.1) is 0 Å². The summed E-state index contributed by atoms with van der Waals surface area (Å²) in [6.45, 7) is 0.173. The van der Waals surface area contributed by atoms with E-state index < -0.39 is 5.60 Å². The van der Waals surface area contributed by atoms with E-state index in [0.717, 1.165) is 23.3 Å². The fraction of sp³-hybridized carbons (Fsp3) is 0.421. The molecule has 6 nitrogen and oxygen atoms in total. The van der Waals surface area contributed by atoms with Crippen LogP contribution in [0.4, 0.5) is 0 Å². The van der Waals surface area contributed by atoms with Gasteiger partial charge in [-0.1, -0.05) is 0 Å². The van der Waals surface area contributed by atoms with Crippen LogP contribution in [0.25, 0.3) is 0 Å². The van der Waals surface area contributed by atoms with Gasteiger partial charge in [0.15, 0.2) is 11.5 Å². The average Bonchev–Trinajstić information content (AvgIpc) is 3.26. The highest BCUT2D eigenvalue weighted by molar-refractivity contribution is 5.76. The second-order valence-corrected chi connectivity index (χ2v) is 6.25. The fourth-order valence-electron chi connectivity index (χ4n) is 3.25. The lowest BCUT2D eigenvalue weighted by Crippen LogP contribution is -2.39. The molecule has 1 amide bonds. The predicted molar refractivity (Wildman–Crippen MR) is 91.8 cm³/mol. The maximum absolute atomic E-state index is 12.1. The molecule has 1 aliphatic rings. The minimum Gasteiger partial charge on any atom is -0.493 e. The Morgan fingerprint density at radius 1 is 1.32 bits per heavy atom. The second-order valence-electron chi connectivity index (χ2n) is 6.25. The molecule has 0 saturated heterocycles. The Balaban J connectivity index is 1.64. The summed E-state index contributed by atoms with van der Waals surface area (Å²) in [4.78, 5) is 12.1. The monoisotopic (exact) mass is 345 g/mol. The first-order valence-corrected chi connectivity index (χ1v) is 8.32. The van der Waals surface area contributed by atoms with E-state index >= 15 is 0 Å². The van der Waals surface area contributed by atoms with Gasteiger partial charge < -0.3 is 24.3 Å². The van der Waals surface area contributed by atoms with Crippen LogP contribution in [-0.2, 0) is 23.2 Å². The zero-order valence-electron chi connectivity index (χ0n) is 14.5. The van der Waals surface area contributed by atoms with Crippen molar-refractivity contribution in [1.82, 2.24) is 5.32 Å². The first-order valence-electron chi connectivity index (χ1n) is 8.32. The van der Waals surface area contributed by atoms with E-state index in [0.29, 0.717) is 30.8 Å². The molecule has 134 valence electrons. The number of fused-ring (bicyclic) bond motifs is 1. The average molecular weight is 345 g/mol. The van der Waals surface area contributed by atoms with E-state index in [9.17, 15) is 9.90 Å². The molecule has 0 radical (unpaired) electrons. The van der Waals surface area contributed by atoms with Crippen LogP contribution in [0.1, 0.15) is 29.7 Å². The first-order chi connectivity index (χ1) is 12.1. The SMILES string of the molecule is COc1cc2c(cc1OC)C(O)(CNC(=O)CCc1ccco1)CC2. The molecule has 2 N–H and O–H groups in total. The van der Waals surface area contributed by atoms with E-state index in [2.05, 4.69) is 5.32 Å². The molecule has 1 heterocycles. The molecule has 3 rings (SSSR count). The Kier molecular flexibility index (Phi) is 4.99. The number of carbonyl (C=O) groups is 1. The fourth-order valence-corrected chi connectivity index (χ4v) is 3.25. The van der Waals surface area contributed by atoms with Gasteiger partial charge in [0.2, 0.25) is 5.91 Å². The molecule has 0 saturated carbocycles. The Hall–Kier alpha value is -2.47.